The maximum atomic E-state index is 12.7. The molecule has 0 bridgehead atoms. The van der Waals surface area contributed by atoms with Crippen LogP contribution in [0.3, 0.4) is 0 Å². The molecule has 0 N–H and O–H groups in total. The number of hydrogen-bond donors (Lipinski definition) is 0. The second-order valence-electron chi connectivity index (χ2n) is 5.47. The Morgan fingerprint density at radius 2 is 1.54 bits per heavy atom. The van der Waals surface area contributed by atoms with Gasteiger partial charge in [-0.2, -0.15) is 17.5 Å². The molecule has 0 amide bonds. The third-order valence-corrected chi connectivity index (χ3v) is 5.55. The first-order chi connectivity index (χ1) is 12.1. The fourth-order valence-electron chi connectivity index (χ4n) is 2.30. The van der Waals surface area contributed by atoms with E-state index in [4.69, 9.17) is 9.47 Å². The van der Waals surface area contributed by atoms with Gasteiger partial charge in [0.15, 0.2) is 11.5 Å². The molecule has 0 spiro atoms. The van der Waals surface area contributed by atoms with Gasteiger partial charge in [-0.1, -0.05) is 12.1 Å². The Hall–Kier alpha value is -2.26. The Kier molecular flexibility index (Phi) is 5.82. The lowest BCUT2D eigenvalue weighted by Crippen LogP contribution is -2.26. The van der Waals surface area contributed by atoms with Gasteiger partial charge in [0.2, 0.25) is 10.0 Å². The smallest absolute Gasteiger partial charge is 0.416 e. The third-order valence-electron chi connectivity index (χ3n) is 3.75. The van der Waals surface area contributed by atoms with Crippen LogP contribution >= 0.6 is 0 Å². The van der Waals surface area contributed by atoms with Crippen LogP contribution in [0.5, 0.6) is 11.5 Å². The first kappa shape index (κ1) is 20.1. The van der Waals surface area contributed by atoms with Crippen LogP contribution in [0.4, 0.5) is 13.2 Å². The quantitative estimate of drug-likeness (QED) is 0.758. The maximum Gasteiger partial charge on any atom is 0.416 e. The molecule has 142 valence electrons. The highest BCUT2D eigenvalue weighted by Gasteiger charge is 2.30. The minimum atomic E-state index is -4.43. The van der Waals surface area contributed by atoms with Crippen molar-refractivity contribution in [3.05, 3.63) is 53.6 Å². The first-order valence-corrected chi connectivity index (χ1v) is 8.88. The number of hydrogen-bond acceptors (Lipinski definition) is 4. The summed E-state index contributed by atoms with van der Waals surface area (Å²) in [6.45, 7) is -0.0746. The van der Waals surface area contributed by atoms with Crippen molar-refractivity contribution in [2.75, 3.05) is 21.3 Å². The van der Waals surface area contributed by atoms with Crippen LogP contribution in [0.1, 0.15) is 11.1 Å². The second kappa shape index (κ2) is 7.55. The van der Waals surface area contributed by atoms with Gasteiger partial charge >= 0.3 is 6.18 Å². The Balaban J connectivity index is 2.24. The van der Waals surface area contributed by atoms with Gasteiger partial charge in [-0.25, -0.2) is 8.42 Å². The van der Waals surface area contributed by atoms with E-state index in [9.17, 15) is 21.6 Å². The highest BCUT2D eigenvalue weighted by Crippen LogP contribution is 2.31. The highest BCUT2D eigenvalue weighted by atomic mass is 32.2. The predicted octanol–water partition coefficient (Wildman–Crippen LogP) is 3.54. The molecular weight excluding hydrogens is 371 g/mol. The van der Waals surface area contributed by atoms with E-state index in [1.807, 2.05) is 0 Å². The highest BCUT2D eigenvalue weighted by molar-refractivity contribution is 7.89. The van der Waals surface area contributed by atoms with E-state index in [0.29, 0.717) is 11.3 Å². The van der Waals surface area contributed by atoms with E-state index in [2.05, 4.69) is 0 Å². The van der Waals surface area contributed by atoms with Crippen LogP contribution in [0.15, 0.2) is 47.4 Å². The van der Waals surface area contributed by atoms with Crippen molar-refractivity contribution in [2.24, 2.45) is 0 Å². The second-order valence-corrected chi connectivity index (χ2v) is 7.52. The molecule has 0 heterocycles. The van der Waals surface area contributed by atoms with Crippen molar-refractivity contribution in [3.63, 3.8) is 0 Å². The molecule has 9 heteroatoms. The number of sulfonamides is 1. The van der Waals surface area contributed by atoms with Crippen LogP contribution in [-0.2, 0) is 22.7 Å². The average molecular weight is 389 g/mol. The molecule has 0 radical (unpaired) electrons. The SMILES string of the molecule is COc1ccc(S(=O)(=O)N(C)Cc2ccc(C(F)(F)F)cc2)cc1OC. The Bertz CT molecular complexity index is 865. The number of methoxy groups -OCH3 is 2. The van der Waals surface area contributed by atoms with Crippen molar-refractivity contribution in [3.8, 4) is 11.5 Å². The van der Waals surface area contributed by atoms with Crippen molar-refractivity contribution in [1.29, 1.82) is 0 Å². The van der Waals surface area contributed by atoms with Gasteiger partial charge in [0, 0.05) is 19.7 Å². The molecule has 0 aromatic heterocycles. The van der Waals surface area contributed by atoms with Crippen LogP contribution in [-0.4, -0.2) is 34.0 Å². The van der Waals surface area contributed by atoms with E-state index < -0.39 is 21.8 Å². The summed E-state index contributed by atoms with van der Waals surface area (Å²) < 4.78 is 74.4. The zero-order chi connectivity index (χ0) is 19.5. The van der Waals surface area contributed by atoms with Crippen molar-refractivity contribution >= 4 is 10.0 Å². The zero-order valence-electron chi connectivity index (χ0n) is 14.4. The summed E-state index contributed by atoms with van der Waals surface area (Å²) in [5.74, 6) is 0.647. The predicted molar refractivity (Wildman–Crippen MR) is 89.6 cm³/mol. The van der Waals surface area contributed by atoms with Gasteiger partial charge in [-0.05, 0) is 29.8 Å². The third kappa shape index (κ3) is 4.28. The fourth-order valence-corrected chi connectivity index (χ4v) is 3.47. The summed E-state index contributed by atoms with van der Waals surface area (Å²) in [6.07, 6.45) is -4.43. The standard InChI is InChI=1S/C17H18F3NO4S/c1-21(11-12-4-6-13(7-5-12)17(18,19)20)26(22,23)14-8-9-15(24-2)16(10-14)25-3/h4-10H,11H2,1-3H3. The maximum absolute atomic E-state index is 12.7. The Morgan fingerprint density at radius 1 is 0.962 bits per heavy atom. The molecule has 5 nitrogen and oxygen atoms in total. The van der Waals surface area contributed by atoms with Gasteiger partial charge < -0.3 is 9.47 Å². The summed E-state index contributed by atoms with van der Waals surface area (Å²) >= 11 is 0. The van der Waals surface area contributed by atoms with Gasteiger partial charge in [-0.3, -0.25) is 0 Å². The topological polar surface area (TPSA) is 55.8 Å². The van der Waals surface area contributed by atoms with Gasteiger partial charge in [0.05, 0.1) is 24.7 Å². The normalized spacial score (nSPS) is 12.3. The number of alkyl halides is 3. The number of rotatable bonds is 6. The molecule has 0 fully saturated rings. The van der Waals surface area contributed by atoms with Gasteiger partial charge in [0.25, 0.3) is 0 Å². The first-order valence-electron chi connectivity index (χ1n) is 7.44. The van der Waals surface area contributed by atoms with E-state index in [0.717, 1.165) is 16.4 Å². The van der Waals surface area contributed by atoms with Crippen molar-refractivity contribution in [1.82, 2.24) is 4.31 Å². The van der Waals surface area contributed by atoms with Gasteiger partial charge in [-0.15, -0.1) is 0 Å². The van der Waals surface area contributed by atoms with E-state index in [1.54, 1.807) is 0 Å². The lowest BCUT2D eigenvalue weighted by molar-refractivity contribution is -0.137. The summed E-state index contributed by atoms with van der Waals surface area (Å²) in [7, 11) is 0.316. The summed E-state index contributed by atoms with van der Waals surface area (Å²) in [6, 6.07) is 8.53. The van der Waals surface area contributed by atoms with Crippen molar-refractivity contribution in [2.45, 2.75) is 17.6 Å². The summed E-state index contributed by atoms with van der Waals surface area (Å²) in [5, 5.41) is 0. The van der Waals surface area contributed by atoms with Gasteiger partial charge in [0.1, 0.15) is 0 Å². The Labute approximate surface area is 150 Å². The molecule has 0 unspecified atom stereocenters. The number of ether oxygens (including phenoxy) is 2. The summed E-state index contributed by atoms with van der Waals surface area (Å²) in [5.41, 5.74) is -0.351. The van der Waals surface area contributed by atoms with Crippen molar-refractivity contribution < 1.29 is 31.1 Å². The van der Waals surface area contributed by atoms with E-state index in [-0.39, 0.29) is 17.2 Å². The number of nitrogens with zero attached hydrogens (tertiary/aromatic N) is 1. The monoisotopic (exact) mass is 389 g/mol. The largest absolute Gasteiger partial charge is 0.493 e. The molecular formula is C17H18F3NO4S. The van der Waals surface area contributed by atoms with E-state index >= 15 is 0 Å². The molecule has 2 aromatic carbocycles. The fraction of sp³-hybridized carbons (Fsp3) is 0.294. The molecule has 26 heavy (non-hydrogen) atoms. The summed E-state index contributed by atoms with van der Waals surface area (Å²) in [4.78, 5) is -0.00967. The molecule has 0 aliphatic heterocycles. The van der Waals surface area contributed by atoms with Crippen LogP contribution < -0.4 is 9.47 Å². The van der Waals surface area contributed by atoms with Crippen LogP contribution in [0.25, 0.3) is 0 Å². The molecule has 2 rings (SSSR count). The molecule has 0 aliphatic carbocycles. The minimum Gasteiger partial charge on any atom is -0.493 e. The van der Waals surface area contributed by atoms with Crippen LogP contribution in [0.2, 0.25) is 0 Å². The zero-order valence-corrected chi connectivity index (χ0v) is 15.2. The molecule has 0 saturated heterocycles. The molecule has 2 aromatic rings. The van der Waals surface area contributed by atoms with E-state index in [1.165, 1.54) is 51.6 Å². The molecule has 0 atom stereocenters. The molecule has 0 aliphatic rings. The Morgan fingerprint density at radius 3 is 2.04 bits per heavy atom. The lowest BCUT2D eigenvalue weighted by atomic mass is 10.1. The number of halogens is 3. The van der Waals surface area contributed by atoms with Crippen LogP contribution in [0, 0.1) is 0 Å². The number of benzene rings is 2. The molecule has 0 saturated carbocycles. The average Bonchev–Trinajstić information content (AvgIpc) is 2.60. The lowest BCUT2D eigenvalue weighted by Gasteiger charge is -2.18. The minimum absolute atomic E-state index is 0.00967.